The Hall–Kier alpha value is -3.36. The van der Waals surface area contributed by atoms with Gasteiger partial charge in [0.1, 0.15) is 5.82 Å². The fourth-order valence-electron chi connectivity index (χ4n) is 2.39. The minimum Gasteiger partial charge on any atom is -0.309 e. The molecule has 9 heteroatoms. The van der Waals surface area contributed by atoms with Gasteiger partial charge in [0.25, 0.3) is 5.91 Å². The maximum absolute atomic E-state index is 13.6. The van der Waals surface area contributed by atoms with E-state index >= 15 is 0 Å². The number of nitrogens with one attached hydrogen (secondary N) is 3. The van der Waals surface area contributed by atoms with Gasteiger partial charge in [-0.25, -0.2) is 13.2 Å². The Labute approximate surface area is 158 Å². The molecular weight excluding hydrogens is 371 g/mol. The molecule has 1 heterocycles. The summed E-state index contributed by atoms with van der Waals surface area (Å²) in [4.78, 5) is 16.7. The quantitative estimate of drug-likeness (QED) is 0.468. The number of aromatic amines is 1. The first-order valence-electron chi connectivity index (χ1n) is 8.55. The van der Waals surface area contributed by atoms with Crippen molar-refractivity contribution in [1.82, 2.24) is 15.5 Å². The smallest absolute Gasteiger partial charge is 0.258 e. The summed E-state index contributed by atoms with van der Waals surface area (Å²) in [6.07, 6.45) is 0. The molecule has 0 aliphatic carbocycles. The number of rotatable bonds is 4. The average Bonchev–Trinajstić information content (AvgIpc) is 3.03. The summed E-state index contributed by atoms with van der Waals surface area (Å²) in [5.41, 5.74) is 0.523. The Kier molecular flexibility index (Phi) is 5.62. The third-order valence-electron chi connectivity index (χ3n) is 3.79. The minimum atomic E-state index is -1.13. The van der Waals surface area contributed by atoms with Crippen LogP contribution in [0.15, 0.2) is 41.4 Å². The van der Waals surface area contributed by atoms with E-state index in [9.17, 15) is 18.0 Å². The maximum Gasteiger partial charge on any atom is 0.258 e. The number of aromatic nitrogens is 2. The molecule has 3 N–H and O–H groups in total. The van der Waals surface area contributed by atoms with Crippen LogP contribution < -0.4 is 10.6 Å². The van der Waals surface area contributed by atoms with Gasteiger partial charge in [0.05, 0.1) is 5.52 Å². The van der Waals surface area contributed by atoms with Gasteiger partial charge in [-0.1, -0.05) is 13.8 Å². The molecule has 0 fully saturated rings. The number of benzene rings is 2. The van der Waals surface area contributed by atoms with E-state index in [0.717, 1.165) is 18.2 Å². The van der Waals surface area contributed by atoms with E-state index in [-0.39, 0.29) is 23.3 Å². The fraction of sp³-hybridized carbons (Fsp3) is 0.211. The molecule has 0 unspecified atom stereocenters. The Bertz CT molecular complexity index is 1050. The van der Waals surface area contributed by atoms with Crippen molar-refractivity contribution in [2.75, 3.05) is 11.9 Å². The Balaban J connectivity index is 1.86. The first-order chi connectivity index (χ1) is 13.3. The number of anilines is 1. The number of aliphatic imine (C=N–C) groups is 1. The number of H-pyrrole nitrogens is 1. The second-order valence-corrected chi connectivity index (χ2v) is 6.55. The summed E-state index contributed by atoms with van der Waals surface area (Å²) in [5.74, 6) is -2.78. The number of carbonyl (C=O) groups excluding carboxylic acids is 1. The molecule has 0 bridgehead atoms. The highest BCUT2D eigenvalue weighted by Crippen LogP contribution is 2.21. The van der Waals surface area contributed by atoms with Gasteiger partial charge >= 0.3 is 0 Å². The van der Waals surface area contributed by atoms with Crippen LogP contribution in [0, 0.1) is 23.4 Å². The summed E-state index contributed by atoms with van der Waals surface area (Å²) in [6, 6.07) is 6.94. The van der Waals surface area contributed by atoms with Crippen LogP contribution >= 0.6 is 0 Å². The van der Waals surface area contributed by atoms with Crippen molar-refractivity contribution < 1.29 is 18.0 Å². The van der Waals surface area contributed by atoms with Crippen LogP contribution in [0.5, 0.6) is 0 Å². The SMILES string of the molecule is CC(C)CN=C(NC(=O)c1ccc(F)c(F)c1)Nc1n[nH]c2ccc(F)cc12. The van der Waals surface area contributed by atoms with Gasteiger partial charge in [0, 0.05) is 17.5 Å². The summed E-state index contributed by atoms with van der Waals surface area (Å²) in [5, 5.41) is 12.7. The highest BCUT2D eigenvalue weighted by atomic mass is 19.2. The molecule has 0 aliphatic heterocycles. The van der Waals surface area contributed by atoms with Crippen LogP contribution in [0.4, 0.5) is 19.0 Å². The molecule has 0 atom stereocenters. The zero-order valence-corrected chi connectivity index (χ0v) is 15.2. The number of nitrogens with zero attached hydrogens (tertiary/aromatic N) is 2. The third-order valence-corrected chi connectivity index (χ3v) is 3.79. The predicted molar refractivity (Wildman–Crippen MR) is 101 cm³/mol. The molecule has 1 amide bonds. The van der Waals surface area contributed by atoms with E-state index in [2.05, 4.69) is 25.8 Å². The predicted octanol–water partition coefficient (Wildman–Crippen LogP) is 3.83. The van der Waals surface area contributed by atoms with Crippen LogP contribution in [-0.2, 0) is 0 Å². The summed E-state index contributed by atoms with van der Waals surface area (Å²) >= 11 is 0. The number of amides is 1. The molecule has 3 rings (SSSR count). The van der Waals surface area contributed by atoms with Crippen LogP contribution in [0.3, 0.4) is 0 Å². The van der Waals surface area contributed by atoms with Crippen LogP contribution in [0.2, 0.25) is 0 Å². The zero-order valence-electron chi connectivity index (χ0n) is 15.2. The van der Waals surface area contributed by atoms with E-state index in [1.165, 1.54) is 18.2 Å². The van der Waals surface area contributed by atoms with Crippen molar-refractivity contribution in [2.45, 2.75) is 13.8 Å². The first-order valence-corrected chi connectivity index (χ1v) is 8.55. The van der Waals surface area contributed by atoms with Crippen molar-refractivity contribution in [3.8, 4) is 0 Å². The molecule has 0 saturated carbocycles. The topological polar surface area (TPSA) is 82.2 Å². The van der Waals surface area contributed by atoms with Crippen LogP contribution in [0.25, 0.3) is 10.9 Å². The van der Waals surface area contributed by atoms with Crippen molar-refractivity contribution in [3.05, 3.63) is 59.4 Å². The van der Waals surface area contributed by atoms with Gasteiger partial charge < -0.3 is 5.32 Å². The summed E-state index contributed by atoms with van der Waals surface area (Å²) in [6.45, 7) is 4.27. The number of hydrogen-bond donors (Lipinski definition) is 3. The largest absolute Gasteiger partial charge is 0.309 e. The minimum absolute atomic E-state index is 0.0566. The zero-order chi connectivity index (χ0) is 20.3. The van der Waals surface area contributed by atoms with E-state index in [0.29, 0.717) is 17.4 Å². The van der Waals surface area contributed by atoms with Gasteiger partial charge in [0.15, 0.2) is 17.5 Å². The number of guanidine groups is 1. The number of carbonyl (C=O) groups is 1. The Morgan fingerprint density at radius 2 is 1.93 bits per heavy atom. The van der Waals surface area contributed by atoms with E-state index in [1.807, 2.05) is 13.8 Å². The third kappa shape index (κ3) is 4.48. The lowest BCUT2D eigenvalue weighted by Crippen LogP contribution is -2.36. The molecule has 1 aromatic heterocycles. The van der Waals surface area contributed by atoms with Crippen molar-refractivity contribution in [2.24, 2.45) is 10.9 Å². The fourth-order valence-corrected chi connectivity index (χ4v) is 2.39. The Morgan fingerprint density at radius 1 is 1.14 bits per heavy atom. The van der Waals surface area contributed by atoms with Crippen LogP contribution in [-0.4, -0.2) is 28.6 Å². The van der Waals surface area contributed by atoms with Gasteiger partial charge in [0.2, 0.25) is 5.96 Å². The van der Waals surface area contributed by atoms with Gasteiger partial charge in [-0.3, -0.25) is 20.2 Å². The van der Waals surface area contributed by atoms with E-state index in [4.69, 9.17) is 0 Å². The molecule has 3 aromatic rings. The number of fused-ring (bicyclic) bond motifs is 1. The molecule has 2 aromatic carbocycles. The van der Waals surface area contributed by atoms with Crippen LogP contribution in [0.1, 0.15) is 24.2 Å². The van der Waals surface area contributed by atoms with Crippen molar-refractivity contribution in [1.29, 1.82) is 0 Å². The number of halogens is 3. The molecule has 146 valence electrons. The lowest BCUT2D eigenvalue weighted by atomic mass is 10.2. The number of hydrogen-bond acceptors (Lipinski definition) is 3. The second-order valence-electron chi connectivity index (χ2n) is 6.55. The summed E-state index contributed by atoms with van der Waals surface area (Å²) < 4.78 is 40.0. The van der Waals surface area contributed by atoms with E-state index in [1.54, 1.807) is 0 Å². The highest BCUT2D eigenvalue weighted by molar-refractivity contribution is 6.11. The molecule has 0 spiro atoms. The lowest BCUT2D eigenvalue weighted by Gasteiger charge is -2.11. The second kappa shape index (κ2) is 8.12. The highest BCUT2D eigenvalue weighted by Gasteiger charge is 2.15. The van der Waals surface area contributed by atoms with Gasteiger partial charge in [-0.05, 0) is 42.3 Å². The average molecular weight is 389 g/mol. The summed E-state index contributed by atoms with van der Waals surface area (Å²) in [7, 11) is 0. The Morgan fingerprint density at radius 3 is 2.64 bits per heavy atom. The molecule has 28 heavy (non-hydrogen) atoms. The van der Waals surface area contributed by atoms with Gasteiger partial charge in [-0.2, -0.15) is 5.10 Å². The normalized spacial score (nSPS) is 11.9. The monoisotopic (exact) mass is 389 g/mol. The maximum atomic E-state index is 13.6. The van der Waals surface area contributed by atoms with Gasteiger partial charge in [-0.15, -0.1) is 0 Å². The van der Waals surface area contributed by atoms with Crippen molar-refractivity contribution in [3.63, 3.8) is 0 Å². The molecule has 0 saturated heterocycles. The van der Waals surface area contributed by atoms with Crippen molar-refractivity contribution >= 4 is 28.6 Å². The van der Waals surface area contributed by atoms with E-state index < -0.39 is 23.4 Å². The molecule has 0 aliphatic rings. The molecular formula is C19H18F3N5O. The standard InChI is InChI=1S/C19H18F3N5O/c1-10(2)9-23-19(25-18(28)11-3-5-14(21)15(22)7-11)24-17-13-8-12(20)4-6-16(13)26-27-17/h3-8,10H,9H2,1-2H3,(H3,23,24,25,26,27,28). The first kappa shape index (κ1) is 19.4. The lowest BCUT2D eigenvalue weighted by molar-refractivity contribution is 0.0976. The molecule has 6 nitrogen and oxygen atoms in total. The molecule has 0 radical (unpaired) electrons.